The number of carbonyl (C=O) groups is 3. The molecule has 0 radical (unpaired) electrons. The first-order chi connectivity index (χ1) is 31.3. The topological polar surface area (TPSA) is 259 Å². The van der Waals surface area contributed by atoms with E-state index >= 15 is 0 Å². The van der Waals surface area contributed by atoms with Crippen LogP contribution in [-0.4, -0.2) is 42.6 Å². The average Bonchev–Trinajstić information content (AvgIpc) is 3.39. The molecule has 0 saturated carbocycles. The van der Waals surface area contributed by atoms with E-state index in [1.165, 1.54) is 32.1 Å². The van der Waals surface area contributed by atoms with E-state index in [-0.39, 0.29) is 34.6 Å². The normalized spacial score (nSPS) is 19.0. The van der Waals surface area contributed by atoms with Crippen molar-refractivity contribution in [2.45, 2.75) is 135 Å². The van der Waals surface area contributed by atoms with Crippen molar-refractivity contribution in [3.63, 3.8) is 0 Å². The minimum absolute atomic E-state index is 0.146. The van der Waals surface area contributed by atoms with Crippen molar-refractivity contribution in [2.75, 3.05) is 0 Å². The zero-order valence-electron chi connectivity index (χ0n) is 36.9. The highest BCUT2D eigenvalue weighted by Crippen LogP contribution is 2.41. The van der Waals surface area contributed by atoms with Gasteiger partial charge in [-0.05, 0) is 180 Å². The van der Waals surface area contributed by atoms with Crippen molar-refractivity contribution in [3.8, 4) is 17.2 Å². The van der Waals surface area contributed by atoms with Gasteiger partial charge in [-0.3, -0.25) is 14.4 Å². The number of carbonyl (C=O) groups excluding carboxylic acids is 3. The Hall–Kier alpha value is -4.98. The molecular weight excluding hydrogens is 907 g/mol. The lowest BCUT2D eigenvalue weighted by Gasteiger charge is -2.25. The SMILES string of the molecule is NS(=O)(=O)Oc1ccc2c(c1)CC(=O)C1=C2CCCCC1.NS(=O)(=O)Oc1ccc2c(c1)CC(=O)C1=C2CCCCCC1.NS(=O)(=O)Oc1ccc2c(c1)CC(=O)C1=C2CCCCCCC1. The summed E-state index contributed by atoms with van der Waals surface area (Å²) in [6.07, 6.45) is 19.7. The lowest BCUT2D eigenvalue weighted by molar-refractivity contribution is -0.116. The number of rotatable bonds is 6. The Labute approximate surface area is 387 Å². The third kappa shape index (κ3) is 12.9. The van der Waals surface area contributed by atoms with Gasteiger partial charge in [0.15, 0.2) is 17.3 Å². The minimum atomic E-state index is -4.05. The largest absolute Gasteiger partial charge is 0.380 e. The fourth-order valence-corrected chi connectivity index (χ4v) is 11.1. The summed E-state index contributed by atoms with van der Waals surface area (Å²) in [5.74, 6) is 0.920. The Kier molecular flexibility index (Phi) is 15.5. The van der Waals surface area contributed by atoms with Gasteiger partial charge in [0.2, 0.25) is 0 Å². The van der Waals surface area contributed by atoms with Crippen molar-refractivity contribution in [2.24, 2.45) is 15.4 Å². The van der Waals surface area contributed by atoms with Crippen molar-refractivity contribution in [3.05, 3.63) is 105 Å². The Morgan fingerprint density at radius 3 is 0.818 bits per heavy atom. The molecule has 0 atom stereocenters. The molecule has 0 spiro atoms. The summed E-state index contributed by atoms with van der Waals surface area (Å²) in [5.41, 5.74) is 11.9. The monoisotopic (exact) mass is 963 g/mol. The minimum Gasteiger partial charge on any atom is -0.371 e. The van der Waals surface area contributed by atoms with Gasteiger partial charge in [0.25, 0.3) is 0 Å². The molecule has 66 heavy (non-hydrogen) atoms. The molecule has 0 amide bonds. The Balaban J connectivity index is 0.000000147. The molecule has 6 aliphatic carbocycles. The number of Topliss-reactive ketones (excluding diaryl/α,β-unsaturated/α-hetero) is 3. The van der Waals surface area contributed by atoms with Gasteiger partial charge < -0.3 is 12.5 Å². The predicted molar refractivity (Wildman–Crippen MR) is 251 cm³/mol. The molecule has 18 heteroatoms. The summed E-state index contributed by atoms with van der Waals surface area (Å²) in [6, 6.07) is 15.2. The molecule has 0 saturated heterocycles. The Morgan fingerprint density at radius 2 is 0.561 bits per heavy atom. The summed E-state index contributed by atoms with van der Waals surface area (Å²) < 4.78 is 80.3. The summed E-state index contributed by atoms with van der Waals surface area (Å²) in [7, 11) is -12.1. The number of ketones is 3. The summed E-state index contributed by atoms with van der Waals surface area (Å²) >= 11 is 0. The second kappa shape index (κ2) is 20.9. The summed E-state index contributed by atoms with van der Waals surface area (Å²) in [5, 5.41) is 14.7. The third-order valence-electron chi connectivity index (χ3n) is 12.8. The molecular formula is C48H57N3O12S3. The van der Waals surface area contributed by atoms with Crippen LogP contribution in [0.1, 0.15) is 149 Å². The molecule has 9 rings (SSSR count). The first-order valence-electron chi connectivity index (χ1n) is 22.6. The molecule has 6 N–H and O–H groups in total. The van der Waals surface area contributed by atoms with Gasteiger partial charge in [-0.25, -0.2) is 0 Å². The van der Waals surface area contributed by atoms with E-state index in [9.17, 15) is 39.6 Å². The molecule has 0 aliphatic heterocycles. The van der Waals surface area contributed by atoms with Crippen LogP contribution < -0.4 is 28.0 Å². The van der Waals surface area contributed by atoms with Crippen LogP contribution in [0.4, 0.5) is 0 Å². The molecule has 3 aromatic rings. The highest BCUT2D eigenvalue weighted by molar-refractivity contribution is 7.85. The van der Waals surface area contributed by atoms with E-state index in [1.54, 1.807) is 36.4 Å². The molecule has 15 nitrogen and oxygen atoms in total. The van der Waals surface area contributed by atoms with Crippen LogP contribution in [0, 0.1) is 0 Å². The van der Waals surface area contributed by atoms with Crippen molar-refractivity contribution in [1.82, 2.24) is 0 Å². The van der Waals surface area contributed by atoms with E-state index in [4.69, 9.17) is 23.8 Å². The Bertz CT molecular complexity index is 2860. The quantitative estimate of drug-likeness (QED) is 0.217. The fourth-order valence-electron chi connectivity index (χ4n) is 10.0. The predicted octanol–water partition coefficient (Wildman–Crippen LogP) is 7.51. The van der Waals surface area contributed by atoms with Gasteiger partial charge in [-0.1, -0.05) is 56.7 Å². The van der Waals surface area contributed by atoms with Crippen LogP contribution in [0.3, 0.4) is 0 Å². The highest BCUT2D eigenvalue weighted by atomic mass is 32.2. The van der Waals surface area contributed by atoms with Gasteiger partial charge in [-0.15, -0.1) is 0 Å². The van der Waals surface area contributed by atoms with E-state index in [0.29, 0.717) is 19.3 Å². The summed E-state index contributed by atoms with van der Waals surface area (Å²) in [6.45, 7) is 0. The van der Waals surface area contributed by atoms with Crippen LogP contribution in [0.25, 0.3) is 16.7 Å². The maximum Gasteiger partial charge on any atom is 0.380 e. The second-order valence-corrected chi connectivity index (χ2v) is 21.1. The van der Waals surface area contributed by atoms with Crippen LogP contribution in [0.2, 0.25) is 0 Å². The number of fused-ring (bicyclic) bond motifs is 6. The maximum absolute atomic E-state index is 12.5. The molecule has 0 aromatic heterocycles. The van der Waals surface area contributed by atoms with Gasteiger partial charge in [0, 0.05) is 19.3 Å². The number of benzene rings is 3. The van der Waals surface area contributed by atoms with Crippen LogP contribution in [0.15, 0.2) is 71.3 Å². The smallest absolute Gasteiger partial charge is 0.371 e. The van der Waals surface area contributed by atoms with E-state index in [0.717, 1.165) is 150 Å². The maximum atomic E-state index is 12.5. The first kappa shape index (κ1) is 48.9. The lowest BCUT2D eigenvalue weighted by atomic mass is 9.79. The average molecular weight is 964 g/mol. The van der Waals surface area contributed by atoms with Crippen LogP contribution in [0.5, 0.6) is 17.2 Å². The van der Waals surface area contributed by atoms with Crippen LogP contribution in [-0.2, 0) is 64.6 Å². The molecule has 3 aromatic carbocycles. The molecule has 354 valence electrons. The summed E-state index contributed by atoms with van der Waals surface area (Å²) in [4.78, 5) is 37.2. The van der Waals surface area contributed by atoms with Gasteiger partial charge in [0.05, 0.1) is 0 Å². The number of allylic oxidation sites excluding steroid dienone is 6. The van der Waals surface area contributed by atoms with Gasteiger partial charge in [-0.2, -0.15) is 40.7 Å². The van der Waals surface area contributed by atoms with Crippen LogP contribution >= 0.6 is 0 Å². The zero-order chi connectivity index (χ0) is 47.2. The van der Waals surface area contributed by atoms with E-state index in [1.807, 2.05) is 18.2 Å². The van der Waals surface area contributed by atoms with Gasteiger partial charge in [0.1, 0.15) is 17.2 Å². The lowest BCUT2D eigenvalue weighted by Crippen LogP contribution is -2.20. The molecule has 0 unspecified atom stereocenters. The highest BCUT2D eigenvalue weighted by Gasteiger charge is 2.29. The standard InChI is InChI=1S/C17H21NO4S.C16H19NO4S.C15H17NO4S/c18-23(20,21)22-13-8-9-14-12(10-13)11-17(19)16-7-5-3-1-2-4-6-15(14)16;17-22(19,20)21-12-7-8-13-11(9-12)10-16(18)15-6-4-2-1-3-5-14(13)15;16-21(18,19)20-11-6-7-12-10(8-11)9-15(17)14-5-3-1-2-4-13(12)14/h8-10H,1-7,11H2,(H2,18,20,21);7-9H,1-6,10H2,(H2,17,19,20);6-8H,1-5,9H2,(H2,16,18,19). The van der Waals surface area contributed by atoms with Crippen molar-refractivity contribution >= 4 is 65.0 Å². The zero-order valence-corrected chi connectivity index (χ0v) is 39.4. The third-order valence-corrected chi connectivity index (χ3v) is 14.1. The molecule has 0 heterocycles. The second-order valence-electron chi connectivity index (χ2n) is 17.6. The first-order valence-corrected chi connectivity index (χ1v) is 27.1. The number of nitrogens with two attached hydrogens (primary N) is 3. The Morgan fingerprint density at radius 1 is 0.333 bits per heavy atom. The van der Waals surface area contributed by atoms with Crippen molar-refractivity contribution < 1.29 is 52.2 Å². The molecule has 0 bridgehead atoms. The van der Waals surface area contributed by atoms with Gasteiger partial charge >= 0.3 is 30.9 Å². The fraction of sp³-hybridized carbons (Fsp3) is 0.438. The molecule has 6 aliphatic rings. The van der Waals surface area contributed by atoms with E-state index < -0.39 is 30.9 Å². The number of hydrogen-bond acceptors (Lipinski definition) is 12. The van der Waals surface area contributed by atoms with Crippen molar-refractivity contribution in [1.29, 1.82) is 0 Å². The van der Waals surface area contributed by atoms with E-state index in [2.05, 4.69) is 4.18 Å². The molecule has 0 fully saturated rings. The number of hydrogen-bond donors (Lipinski definition) is 3.